The number of phenolic OH excluding ortho intramolecular Hbond substituents is 1. The zero-order valence-corrected chi connectivity index (χ0v) is 12.1. The summed E-state index contributed by atoms with van der Waals surface area (Å²) in [4.78, 5) is 0. The van der Waals surface area contributed by atoms with Crippen LogP contribution in [0.1, 0.15) is 45.7 Å². The highest BCUT2D eigenvalue weighted by Gasteiger charge is 2.26. The number of aliphatic hydroxyl groups is 1. The number of phenols is 1. The summed E-state index contributed by atoms with van der Waals surface area (Å²) in [5, 5.41) is 21.7. The van der Waals surface area contributed by atoms with Gasteiger partial charge in [-0.25, -0.2) is 4.39 Å². The lowest BCUT2D eigenvalue weighted by Gasteiger charge is -2.34. The van der Waals surface area contributed by atoms with Crippen molar-refractivity contribution in [2.24, 2.45) is 5.41 Å². The first-order valence-electron chi connectivity index (χ1n) is 6.61. The summed E-state index contributed by atoms with van der Waals surface area (Å²) in [5.74, 6) is -0.493. The Morgan fingerprint density at radius 1 is 1.32 bits per heavy atom. The van der Waals surface area contributed by atoms with E-state index in [0.717, 1.165) is 6.07 Å². The van der Waals surface area contributed by atoms with Crippen LogP contribution < -0.4 is 5.32 Å². The molecule has 0 aliphatic carbocycles. The maximum Gasteiger partial charge on any atom is 0.131 e. The van der Waals surface area contributed by atoms with Gasteiger partial charge < -0.3 is 15.5 Å². The van der Waals surface area contributed by atoms with Gasteiger partial charge in [0, 0.05) is 30.3 Å². The molecular weight excluding hydrogens is 245 g/mol. The molecule has 0 spiro atoms. The lowest BCUT2D eigenvalue weighted by Crippen LogP contribution is -2.42. The van der Waals surface area contributed by atoms with Crippen LogP contribution in [0, 0.1) is 11.2 Å². The Labute approximate surface area is 114 Å². The van der Waals surface area contributed by atoms with Gasteiger partial charge in [-0.15, -0.1) is 0 Å². The molecule has 1 rings (SSSR count). The molecule has 2 atom stereocenters. The molecule has 19 heavy (non-hydrogen) atoms. The molecule has 3 N–H and O–H groups in total. The first-order valence-corrected chi connectivity index (χ1v) is 6.61. The number of benzene rings is 1. The number of rotatable bonds is 5. The second kappa shape index (κ2) is 6.35. The van der Waals surface area contributed by atoms with Crippen molar-refractivity contribution < 1.29 is 14.6 Å². The van der Waals surface area contributed by atoms with Gasteiger partial charge in [0.05, 0.1) is 0 Å². The summed E-state index contributed by atoms with van der Waals surface area (Å²) >= 11 is 0. The van der Waals surface area contributed by atoms with E-state index in [2.05, 4.69) is 26.1 Å². The molecular formula is C15H24FNO2. The SMILES string of the molecule is CC(NC(CCO)C(C)(C)C)c1ccc(O)cc1F. The summed E-state index contributed by atoms with van der Waals surface area (Å²) in [6.07, 6.45) is 0.619. The largest absolute Gasteiger partial charge is 0.508 e. The Kier molecular flexibility index (Phi) is 5.32. The van der Waals surface area contributed by atoms with Gasteiger partial charge in [-0.05, 0) is 24.8 Å². The summed E-state index contributed by atoms with van der Waals surface area (Å²) in [6.45, 7) is 8.23. The van der Waals surface area contributed by atoms with E-state index in [4.69, 9.17) is 5.11 Å². The van der Waals surface area contributed by atoms with Crippen LogP contribution in [0.5, 0.6) is 5.75 Å². The van der Waals surface area contributed by atoms with Crippen molar-refractivity contribution in [3.63, 3.8) is 0 Å². The smallest absolute Gasteiger partial charge is 0.131 e. The molecule has 0 saturated carbocycles. The van der Waals surface area contributed by atoms with Crippen molar-refractivity contribution in [3.05, 3.63) is 29.6 Å². The Morgan fingerprint density at radius 3 is 2.42 bits per heavy atom. The molecule has 0 aromatic heterocycles. The van der Waals surface area contributed by atoms with Crippen molar-refractivity contribution in [2.45, 2.75) is 46.2 Å². The van der Waals surface area contributed by atoms with Crippen LogP contribution in [-0.2, 0) is 0 Å². The Balaban J connectivity index is 2.84. The van der Waals surface area contributed by atoms with Crippen LogP contribution in [0.25, 0.3) is 0 Å². The minimum atomic E-state index is -0.420. The monoisotopic (exact) mass is 269 g/mol. The summed E-state index contributed by atoms with van der Waals surface area (Å²) in [6, 6.07) is 4.08. The normalized spacial score (nSPS) is 15.3. The highest BCUT2D eigenvalue weighted by atomic mass is 19.1. The van der Waals surface area contributed by atoms with Crippen LogP contribution in [0.2, 0.25) is 0 Å². The predicted molar refractivity (Wildman–Crippen MR) is 74.6 cm³/mol. The van der Waals surface area contributed by atoms with Gasteiger partial charge in [0.15, 0.2) is 0 Å². The van der Waals surface area contributed by atoms with Crippen molar-refractivity contribution in [3.8, 4) is 5.75 Å². The number of halogens is 1. The fourth-order valence-electron chi connectivity index (χ4n) is 2.15. The first-order chi connectivity index (χ1) is 8.75. The van der Waals surface area contributed by atoms with Crippen molar-refractivity contribution in [1.29, 1.82) is 0 Å². The van der Waals surface area contributed by atoms with Gasteiger partial charge in [-0.3, -0.25) is 0 Å². The molecule has 108 valence electrons. The summed E-state index contributed by atoms with van der Waals surface area (Å²) in [7, 11) is 0. The van der Waals surface area contributed by atoms with Crippen LogP contribution in [0.4, 0.5) is 4.39 Å². The van der Waals surface area contributed by atoms with Crippen molar-refractivity contribution in [1.82, 2.24) is 5.32 Å². The van der Waals surface area contributed by atoms with E-state index in [9.17, 15) is 9.50 Å². The zero-order valence-electron chi connectivity index (χ0n) is 12.1. The van der Waals surface area contributed by atoms with Crippen LogP contribution in [0.15, 0.2) is 18.2 Å². The minimum absolute atomic E-state index is 0.0234. The quantitative estimate of drug-likeness (QED) is 0.770. The van der Waals surface area contributed by atoms with Gasteiger partial charge in [-0.1, -0.05) is 26.8 Å². The van der Waals surface area contributed by atoms with Gasteiger partial charge in [-0.2, -0.15) is 0 Å². The van der Waals surface area contributed by atoms with E-state index in [1.54, 1.807) is 6.07 Å². The summed E-state index contributed by atoms with van der Waals surface area (Å²) < 4.78 is 13.8. The molecule has 3 nitrogen and oxygen atoms in total. The number of hydrogen-bond acceptors (Lipinski definition) is 3. The van der Waals surface area contributed by atoms with E-state index in [1.165, 1.54) is 6.07 Å². The third kappa shape index (κ3) is 4.48. The van der Waals surface area contributed by atoms with Crippen LogP contribution in [-0.4, -0.2) is 22.9 Å². The highest BCUT2D eigenvalue weighted by Crippen LogP contribution is 2.27. The second-order valence-electron chi connectivity index (χ2n) is 6.03. The second-order valence-corrected chi connectivity index (χ2v) is 6.03. The van der Waals surface area contributed by atoms with E-state index < -0.39 is 5.82 Å². The molecule has 0 fully saturated rings. The molecule has 0 amide bonds. The molecule has 1 aromatic carbocycles. The van der Waals surface area contributed by atoms with E-state index >= 15 is 0 Å². The number of aromatic hydroxyl groups is 1. The minimum Gasteiger partial charge on any atom is -0.508 e. The Hall–Kier alpha value is -1.13. The van der Waals surface area contributed by atoms with Crippen LogP contribution in [0.3, 0.4) is 0 Å². The van der Waals surface area contributed by atoms with Crippen molar-refractivity contribution >= 4 is 0 Å². The number of nitrogens with one attached hydrogen (secondary N) is 1. The average molecular weight is 269 g/mol. The van der Waals surface area contributed by atoms with Crippen molar-refractivity contribution in [2.75, 3.05) is 6.61 Å². The summed E-state index contributed by atoms with van der Waals surface area (Å²) in [5.41, 5.74) is 0.495. The average Bonchev–Trinajstić information content (AvgIpc) is 2.26. The molecule has 0 bridgehead atoms. The molecule has 4 heteroatoms. The van der Waals surface area contributed by atoms with E-state index in [0.29, 0.717) is 12.0 Å². The Bertz CT molecular complexity index is 415. The van der Waals surface area contributed by atoms with E-state index in [-0.39, 0.29) is 29.9 Å². The van der Waals surface area contributed by atoms with Gasteiger partial charge in [0.25, 0.3) is 0 Å². The molecule has 0 saturated heterocycles. The maximum absolute atomic E-state index is 13.8. The first kappa shape index (κ1) is 15.9. The third-order valence-electron chi connectivity index (χ3n) is 3.36. The fourth-order valence-corrected chi connectivity index (χ4v) is 2.15. The molecule has 0 radical (unpaired) electrons. The zero-order chi connectivity index (χ0) is 14.6. The maximum atomic E-state index is 13.8. The molecule has 1 aromatic rings. The molecule has 2 unspecified atom stereocenters. The molecule has 0 heterocycles. The highest BCUT2D eigenvalue weighted by molar-refractivity contribution is 5.29. The molecule has 0 aliphatic heterocycles. The number of aliphatic hydroxyl groups excluding tert-OH is 1. The lowest BCUT2D eigenvalue weighted by molar-refractivity contribution is 0.187. The number of hydrogen-bond donors (Lipinski definition) is 3. The fraction of sp³-hybridized carbons (Fsp3) is 0.600. The van der Waals surface area contributed by atoms with Gasteiger partial charge >= 0.3 is 0 Å². The third-order valence-corrected chi connectivity index (χ3v) is 3.36. The van der Waals surface area contributed by atoms with Gasteiger partial charge in [0.2, 0.25) is 0 Å². The van der Waals surface area contributed by atoms with Crippen LogP contribution >= 0.6 is 0 Å². The predicted octanol–water partition coefficient (Wildman–Crippen LogP) is 2.98. The molecule has 0 aliphatic rings. The topological polar surface area (TPSA) is 52.5 Å². The lowest BCUT2D eigenvalue weighted by atomic mass is 9.84. The van der Waals surface area contributed by atoms with E-state index in [1.807, 2.05) is 6.92 Å². The standard InChI is InChI=1S/C15H24FNO2/c1-10(12-6-5-11(19)9-13(12)16)17-14(7-8-18)15(2,3)4/h5-6,9-10,14,17-19H,7-8H2,1-4H3. The van der Waals surface area contributed by atoms with Gasteiger partial charge in [0.1, 0.15) is 11.6 Å². The Morgan fingerprint density at radius 2 is 1.95 bits per heavy atom.